The van der Waals surface area contributed by atoms with E-state index in [-0.39, 0.29) is 19.0 Å². The summed E-state index contributed by atoms with van der Waals surface area (Å²) in [6.45, 7) is 5.44. The van der Waals surface area contributed by atoms with Crippen molar-refractivity contribution in [3.63, 3.8) is 0 Å². The van der Waals surface area contributed by atoms with E-state index >= 15 is 0 Å². The molecule has 2 unspecified atom stereocenters. The number of nitrogens with one attached hydrogen (secondary N) is 2. The number of benzene rings is 3. The summed E-state index contributed by atoms with van der Waals surface area (Å²) in [6, 6.07) is 25.0. The van der Waals surface area contributed by atoms with Crippen LogP contribution < -0.4 is 10.6 Å². The fraction of sp³-hybridized carbons (Fsp3) is 0.429. The Bertz CT molecular complexity index is 1360. The predicted molar refractivity (Wildman–Crippen MR) is 169 cm³/mol. The van der Waals surface area contributed by atoms with Crippen molar-refractivity contribution in [3.05, 3.63) is 107 Å². The summed E-state index contributed by atoms with van der Waals surface area (Å²) in [5.74, 6) is -1.09. The van der Waals surface area contributed by atoms with Crippen molar-refractivity contribution >= 4 is 12.0 Å². The van der Waals surface area contributed by atoms with Gasteiger partial charge >= 0.3 is 6.09 Å². The number of hydrogen-bond donors (Lipinski definition) is 6. The molecule has 0 saturated carbocycles. The van der Waals surface area contributed by atoms with Crippen LogP contribution in [0.2, 0.25) is 0 Å². The fourth-order valence-electron chi connectivity index (χ4n) is 6.15. The first-order valence-corrected chi connectivity index (χ1v) is 15.2. The van der Waals surface area contributed by atoms with Crippen molar-refractivity contribution in [2.75, 3.05) is 13.1 Å². The molecule has 3 aromatic rings. The molecule has 3 aromatic carbocycles. The van der Waals surface area contributed by atoms with Gasteiger partial charge in [0.25, 0.3) is 0 Å². The largest absolute Gasteiger partial charge is 0.465 e. The number of amides is 2. The van der Waals surface area contributed by atoms with Gasteiger partial charge in [0.15, 0.2) is 0 Å². The standard InChI is InChI=1S/C35H45N3O6/c1-35(2,3)38(34(43)44)28(19-24-14-8-5-9-15-24)31(41)22-36-21-30(40)27(18-23-12-6-4-7-13-23)37-33(42)32-26-17-11-10-16-25(26)20-29(32)39/h4-17,27-32,36,39-41H,18-22H2,1-3H3,(H,37,42)(H,43,44)/t27-,28-,29?,30+,31+,32?/m0/s1. The second kappa shape index (κ2) is 14.8. The van der Waals surface area contributed by atoms with Crippen LogP contribution in [0, 0.1) is 0 Å². The molecule has 4 rings (SSSR count). The Hall–Kier alpha value is -3.76. The maximum atomic E-state index is 13.5. The highest BCUT2D eigenvalue weighted by Crippen LogP contribution is 2.33. The van der Waals surface area contributed by atoms with E-state index in [9.17, 15) is 30.0 Å². The van der Waals surface area contributed by atoms with Gasteiger partial charge in [-0.3, -0.25) is 9.69 Å². The van der Waals surface area contributed by atoms with Gasteiger partial charge in [-0.2, -0.15) is 0 Å². The van der Waals surface area contributed by atoms with Gasteiger partial charge in [-0.25, -0.2) is 4.79 Å². The number of carbonyl (C=O) groups excluding carboxylic acids is 1. The molecule has 0 saturated heterocycles. The van der Waals surface area contributed by atoms with Gasteiger partial charge in [0.1, 0.15) is 0 Å². The molecule has 0 heterocycles. The summed E-state index contributed by atoms with van der Waals surface area (Å²) in [4.78, 5) is 27.1. The first-order chi connectivity index (χ1) is 21.0. The van der Waals surface area contributed by atoms with Gasteiger partial charge in [0, 0.05) is 18.6 Å². The van der Waals surface area contributed by atoms with Gasteiger partial charge in [-0.1, -0.05) is 84.9 Å². The lowest BCUT2D eigenvalue weighted by molar-refractivity contribution is -0.126. The van der Waals surface area contributed by atoms with Crippen LogP contribution in [0.5, 0.6) is 0 Å². The average molecular weight is 604 g/mol. The first kappa shape index (κ1) is 33.1. The maximum absolute atomic E-state index is 13.5. The monoisotopic (exact) mass is 603 g/mol. The van der Waals surface area contributed by atoms with Crippen LogP contribution in [0.4, 0.5) is 4.79 Å². The van der Waals surface area contributed by atoms with E-state index in [0.29, 0.717) is 19.3 Å². The second-order valence-electron chi connectivity index (χ2n) is 12.6. The van der Waals surface area contributed by atoms with Gasteiger partial charge in [0.2, 0.25) is 5.91 Å². The molecule has 0 spiro atoms. The van der Waals surface area contributed by atoms with E-state index in [1.54, 1.807) is 20.8 Å². The van der Waals surface area contributed by atoms with Crippen LogP contribution in [0.3, 0.4) is 0 Å². The highest BCUT2D eigenvalue weighted by Gasteiger charge is 2.39. The van der Waals surface area contributed by atoms with E-state index in [4.69, 9.17) is 0 Å². The third-order valence-corrected chi connectivity index (χ3v) is 8.28. The molecule has 9 nitrogen and oxygen atoms in total. The lowest BCUT2D eigenvalue weighted by atomic mass is 9.94. The van der Waals surface area contributed by atoms with Crippen molar-refractivity contribution in [2.45, 2.75) is 81.9 Å². The van der Waals surface area contributed by atoms with Crippen LogP contribution in [-0.4, -0.2) is 86.4 Å². The highest BCUT2D eigenvalue weighted by atomic mass is 16.4. The fourth-order valence-corrected chi connectivity index (χ4v) is 6.15. The number of nitrogens with zero attached hydrogens (tertiary/aromatic N) is 1. The molecule has 0 bridgehead atoms. The number of fused-ring (bicyclic) bond motifs is 1. The molecule has 236 valence electrons. The number of aliphatic hydroxyl groups excluding tert-OH is 3. The van der Waals surface area contributed by atoms with Gasteiger partial charge in [0.05, 0.1) is 36.3 Å². The number of rotatable bonds is 13. The molecule has 1 aliphatic rings. The third-order valence-electron chi connectivity index (χ3n) is 8.28. The maximum Gasteiger partial charge on any atom is 0.408 e. The molecule has 0 aliphatic heterocycles. The van der Waals surface area contributed by atoms with Crippen molar-refractivity contribution in [3.8, 4) is 0 Å². The molecule has 9 heteroatoms. The summed E-state index contributed by atoms with van der Waals surface area (Å²) >= 11 is 0. The molecule has 0 aromatic heterocycles. The van der Waals surface area contributed by atoms with Crippen molar-refractivity contribution in [1.82, 2.24) is 15.5 Å². The highest BCUT2D eigenvalue weighted by molar-refractivity contribution is 5.86. The van der Waals surface area contributed by atoms with Crippen LogP contribution in [0.1, 0.15) is 48.9 Å². The summed E-state index contributed by atoms with van der Waals surface area (Å²) in [5.41, 5.74) is 2.78. The quantitative estimate of drug-likeness (QED) is 0.176. The van der Waals surface area contributed by atoms with E-state index in [1.807, 2.05) is 84.9 Å². The minimum atomic E-state index is -1.13. The molecule has 0 radical (unpaired) electrons. The summed E-state index contributed by atoms with van der Waals surface area (Å²) in [6.07, 6.45) is -3.03. The number of aliphatic hydroxyl groups is 3. The lowest BCUT2D eigenvalue weighted by Crippen LogP contribution is -2.58. The van der Waals surface area contributed by atoms with Gasteiger partial charge < -0.3 is 31.1 Å². The summed E-state index contributed by atoms with van der Waals surface area (Å²) in [7, 11) is 0. The van der Waals surface area contributed by atoms with Crippen LogP contribution in [-0.2, 0) is 24.1 Å². The van der Waals surface area contributed by atoms with Crippen LogP contribution in [0.15, 0.2) is 84.9 Å². The molecule has 44 heavy (non-hydrogen) atoms. The number of carbonyl (C=O) groups is 2. The van der Waals surface area contributed by atoms with Crippen molar-refractivity contribution < 1.29 is 30.0 Å². The van der Waals surface area contributed by atoms with Crippen LogP contribution >= 0.6 is 0 Å². The molecule has 1 aliphatic carbocycles. The van der Waals surface area contributed by atoms with E-state index in [2.05, 4.69) is 10.6 Å². The minimum Gasteiger partial charge on any atom is -0.465 e. The zero-order valence-electron chi connectivity index (χ0n) is 25.6. The average Bonchev–Trinajstić information content (AvgIpc) is 3.32. The van der Waals surface area contributed by atoms with Crippen LogP contribution in [0.25, 0.3) is 0 Å². The smallest absolute Gasteiger partial charge is 0.408 e. The first-order valence-electron chi connectivity index (χ1n) is 15.2. The molecule has 0 fully saturated rings. The minimum absolute atomic E-state index is 0.0230. The predicted octanol–water partition coefficient (Wildman–Crippen LogP) is 3.12. The number of carboxylic acid groups (broad SMARTS) is 1. The summed E-state index contributed by atoms with van der Waals surface area (Å²) in [5, 5.41) is 49.5. The SMILES string of the molecule is CC(C)(C)N(C(=O)O)[C@@H](Cc1ccccc1)[C@H](O)CNC[C@@H](O)[C@H](Cc1ccccc1)NC(=O)C1c2ccccc2CC1O. The Balaban J connectivity index is 1.46. The van der Waals surface area contributed by atoms with E-state index < -0.39 is 47.9 Å². The Kier molecular flexibility index (Phi) is 11.2. The van der Waals surface area contributed by atoms with E-state index in [0.717, 1.165) is 22.3 Å². The lowest BCUT2D eigenvalue weighted by Gasteiger charge is -2.42. The van der Waals surface area contributed by atoms with Crippen molar-refractivity contribution in [2.24, 2.45) is 0 Å². The third kappa shape index (κ3) is 8.45. The molecular weight excluding hydrogens is 558 g/mol. The van der Waals surface area contributed by atoms with Gasteiger partial charge in [-0.05, 0) is 62.3 Å². The normalized spacial score (nSPS) is 19.0. The molecule has 6 atom stereocenters. The second-order valence-corrected chi connectivity index (χ2v) is 12.6. The molecular formula is C35H45N3O6. The summed E-state index contributed by atoms with van der Waals surface area (Å²) < 4.78 is 0. The van der Waals surface area contributed by atoms with E-state index in [1.165, 1.54) is 4.90 Å². The van der Waals surface area contributed by atoms with Gasteiger partial charge in [-0.15, -0.1) is 0 Å². The Morgan fingerprint density at radius 3 is 1.98 bits per heavy atom. The Morgan fingerprint density at radius 2 is 1.39 bits per heavy atom. The topological polar surface area (TPSA) is 142 Å². The van der Waals surface area contributed by atoms with Crippen molar-refractivity contribution in [1.29, 1.82) is 0 Å². The zero-order chi connectivity index (χ0) is 31.9. The molecule has 2 amide bonds. The Labute approximate surface area is 259 Å². The Morgan fingerprint density at radius 1 is 0.841 bits per heavy atom. The number of hydrogen-bond acceptors (Lipinski definition) is 6. The molecule has 6 N–H and O–H groups in total. The zero-order valence-corrected chi connectivity index (χ0v) is 25.6.